The van der Waals surface area contributed by atoms with Crippen LogP contribution in [0.25, 0.3) is 0 Å². The molecule has 0 radical (unpaired) electrons. The molecule has 0 saturated carbocycles. The second kappa shape index (κ2) is 4.95. The quantitative estimate of drug-likeness (QED) is 0.915. The molecule has 1 amide bonds. The van der Waals surface area contributed by atoms with Crippen LogP contribution >= 0.6 is 11.6 Å². The molecule has 0 aliphatic carbocycles. The maximum atomic E-state index is 12.6. The molecule has 0 aliphatic rings. The topological polar surface area (TPSA) is 46.9 Å². The van der Waals surface area contributed by atoms with Crippen molar-refractivity contribution in [1.82, 2.24) is 15.1 Å². The summed E-state index contributed by atoms with van der Waals surface area (Å²) in [6, 6.07) is 0. The van der Waals surface area contributed by atoms with Crippen LogP contribution < -0.4 is 5.32 Å². The first-order valence-corrected chi connectivity index (χ1v) is 5.24. The molecule has 0 fully saturated rings. The number of aryl methyl sites for hydroxylation is 1. The van der Waals surface area contributed by atoms with Crippen LogP contribution in [0.5, 0.6) is 0 Å². The molecule has 1 aromatic rings. The van der Waals surface area contributed by atoms with Crippen LogP contribution in [0.4, 0.5) is 13.2 Å². The Labute approximate surface area is 101 Å². The van der Waals surface area contributed by atoms with Crippen LogP contribution in [0.3, 0.4) is 0 Å². The Morgan fingerprint density at radius 3 is 2.53 bits per heavy atom. The third-order valence-electron chi connectivity index (χ3n) is 2.01. The van der Waals surface area contributed by atoms with Gasteiger partial charge in [-0.25, -0.2) is 0 Å². The highest BCUT2D eigenvalue weighted by Crippen LogP contribution is 2.35. The molecule has 1 heterocycles. The van der Waals surface area contributed by atoms with Gasteiger partial charge < -0.3 is 5.32 Å². The Balaban J connectivity index is 3.09. The lowest BCUT2D eigenvalue weighted by Crippen LogP contribution is -2.24. The van der Waals surface area contributed by atoms with Gasteiger partial charge in [0.25, 0.3) is 5.91 Å². The van der Waals surface area contributed by atoms with E-state index in [0.717, 1.165) is 7.05 Å². The van der Waals surface area contributed by atoms with Crippen molar-refractivity contribution in [3.63, 3.8) is 0 Å². The second-order valence-corrected chi connectivity index (χ2v) is 3.77. The van der Waals surface area contributed by atoms with Gasteiger partial charge in [0.2, 0.25) is 0 Å². The second-order valence-electron chi connectivity index (χ2n) is 3.39. The van der Waals surface area contributed by atoms with E-state index >= 15 is 0 Å². The first-order valence-electron chi connectivity index (χ1n) is 4.87. The highest BCUT2D eigenvalue weighted by Gasteiger charge is 2.39. The fraction of sp³-hybridized carbons (Fsp3) is 0.556. The van der Waals surface area contributed by atoms with Crippen molar-refractivity contribution < 1.29 is 18.0 Å². The molecule has 0 bridgehead atoms. The fourth-order valence-corrected chi connectivity index (χ4v) is 1.63. The van der Waals surface area contributed by atoms with Gasteiger partial charge in [0, 0.05) is 13.6 Å². The zero-order valence-corrected chi connectivity index (χ0v) is 9.98. The smallest absolute Gasteiger partial charge is 0.351 e. The molecule has 0 aliphatic heterocycles. The third kappa shape index (κ3) is 2.91. The van der Waals surface area contributed by atoms with Gasteiger partial charge in [0.15, 0.2) is 11.4 Å². The molecule has 0 aromatic carbocycles. The van der Waals surface area contributed by atoms with Gasteiger partial charge in [0.05, 0.1) is 0 Å². The van der Waals surface area contributed by atoms with E-state index < -0.39 is 28.5 Å². The predicted molar refractivity (Wildman–Crippen MR) is 55.8 cm³/mol. The minimum absolute atomic E-state index is 0.354. The van der Waals surface area contributed by atoms with E-state index in [2.05, 4.69) is 10.4 Å². The highest BCUT2D eigenvalue weighted by molar-refractivity contribution is 6.34. The van der Waals surface area contributed by atoms with Crippen molar-refractivity contribution in [3.8, 4) is 0 Å². The largest absolute Gasteiger partial charge is 0.434 e. The normalized spacial score (nSPS) is 11.6. The molecule has 1 rings (SSSR count). The molecule has 96 valence electrons. The molecule has 8 heteroatoms. The van der Waals surface area contributed by atoms with Crippen molar-refractivity contribution in [1.29, 1.82) is 0 Å². The first-order chi connectivity index (χ1) is 7.79. The number of halogens is 4. The Kier molecular flexibility index (Phi) is 4.03. The van der Waals surface area contributed by atoms with Gasteiger partial charge in [-0.2, -0.15) is 18.3 Å². The lowest BCUT2D eigenvalue weighted by atomic mass is 10.3. The van der Waals surface area contributed by atoms with Gasteiger partial charge in [0.1, 0.15) is 5.02 Å². The summed E-state index contributed by atoms with van der Waals surface area (Å²) < 4.78 is 38.2. The molecule has 0 unspecified atom stereocenters. The van der Waals surface area contributed by atoms with E-state index in [9.17, 15) is 18.0 Å². The molecule has 0 saturated heterocycles. The van der Waals surface area contributed by atoms with E-state index in [0.29, 0.717) is 17.6 Å². The highest BCUT2D eigenvalue weighted by atomic mass is 35.5. The molecular weight excluding hydrogens is 259 g/mol. The molecule has 0 atom stereocenters. The van der Waals surface area contributed by atoms with Crippen molar-refractivity contribution >= 4 is 17.5 Å². The first kappa shape index (κ1) is 13.8. The predicted octanol–water partition coefficient (Wildman–Crippen LogP) is 2.23. The van der Waals surface area contributed by atoms with Gasteiger partial charge in [-0.3, -0.25) is 9.48 Å². The zero-order valence-electron chi connectivity index (χ0n) is 9.23. The summed E-state index contributed by atoms with van der Waals surface area (Å²) in [7, 11) is 1.09. The third-order valence-corrected chi connectivity index (χ3v) is 2.37. The number of aromatic nitrogens is 2. The Bertz CT molecular complexity index is 428. The number of nitrogens with one attached hydrogen (secondary N) is 1. The maximum Gasteiger partial charge on any atom is 0.434 e. The Morgan fingerprint density at radius 1 is 1.53 bits per heavy atom. The van der Waals surface area contributed by atoms with Gasteiger partial charge >= 0.3 is 6.18 Å². The SMILES string of the molecule is CCCNC(=O)c1nn(C)c(C(F)(F)F)c1Cl. The average Bonchev–Trinajstić information content (AvgIpc) is 2.49. The minimum atomic E-state index is -4.64. The van der Waals surface area contributed by atoms with Crippen LogP contribution in [-0.2, 0) is 13.2 Å². The molecule has 1 N–H and O–H groups in total. The summed E-state index contributed by atoms with van der Waals surface area (Å²) in [6.45, 7) is 2.18. The molecule has 1 aromatic heterocycles. The summed E-state index contributed by atoms with van der Waals surface area (Å²) >= 11 is 5.52. The lowest BCUT2D eigenvalue weighted by molar-refractivity contribution is -0.143. The monoisotopic (exact) mass is 269 g/mol. The number of hydrogen-bond acceptors (Lipinski definition) is 2. The molecule has 0 spiro atoms. The summed E-state index contributed by atoms with van der Waals surface area (Å²) in [5.74, 6) is -0.706. The Morgan fingerprint density at radius 2 is 2.12 bits per heavy atom. The van der Waals surface area contributed by atoms with E-state index in [1.165, 1.54) is 0 Å². The van der Waals surface area contributed by atoms with E-state index in [-0.39, 0.29) is 0 Å². The van der Waals surface area contributed by atoms with E-state index in [1.54, 1.807) is 0 Å². The Hall–Kier alpha value is -1.24. The summed E-state index contributed by atoms with van der Waals surface area (Å²) in [5.41, 5.74) is -1.53. The van der Waals surface area contributed by atoms with Crippen molar-refractivity contribution in [2.24, 2.45) is 7.05 Å². The summed E-state index contributed by atoms with van der Waals surface area (Å²) in [4.78, 5) is 11.5. The molecule has 17 heavy (non-hydrogen) atoms. The van der Waals surface area contributed by atoms with Crippen molar-refractivity contribution in [2.75, 3.05) is 6.54 Å². The average molecular weight is 270 g/mol. The molecular formula is C9H11ClF3N3O. The fourth-order valence-electron chi connectivity index (χ4n) is 1.27. The number of alkyl halides is 3. The summed E-state index contributed by atoms with van der Waals surface area (Å²) in [5, 5.41) is 5.22. The number of amides is 1. The van der Waals surface area contributed by atoms with Crippen molar-refractivity contribution in [2.45, 2.75) is 19.5 Å². The lowest BCUT2D eigenvalue weighted by Gasteiger charge is -2.06. The zero-order chi connectivity index (χ0) is 13.2. The number of nitrogens with zero attached hydrogens (tertiary/aromatic N) is 2. The number of hydrogen-bond donors (Lipinski definition) is 1. The number of carbonyl (C=O) groups excluding carboxylic acids is 1. The van der Waals surface area contributed by atoms with Gasteiger partial charge in [-0.1, -0.05) is 18.5 Å². The van der Waals surface area contributed by atoms with Crippen LogP contribution in [0, 0.1) is 0 Å². The van der Waals surface area contributed by atoms with Crippen LogP contribution in [-0.4, -0.2) is 22.2 Å². The minimum Gasteiger partial charge on any atom is -0.351 e. The van der Waals surface area contributed by atoms with Gasteiger partial charge in [-0.15, -0.1) is 0 Å². The molecule has 4 nitrogen and oxygen atoms in total. The summed E-state index contributed by atoms with van der Waals surface area (Å²) in [6.07, 6.45) is -3.97. The van der Waals surface area contributed by atoms with Crippen molar-refractivity contribution in [3.05, 3.63) is 16.4 Å². The van der Waals surface area contributed by atoms with Crippen LogP contribution in [0.1, 0.15) is 29.5 Å². The standard InChI is InChI=1S/C9H11ClF3N3O/c1-3-4-14-8(17)6-5(10)7(9(11,12)13)16(2)15-6/h3-4H2,1-2H3,(H,14,17). The number of carbonyl (C=O) groups is 1. The maximum absolute atomic E-state index is 12.6. The van der Waals surface area contributed by atoms with E-state index in [1.807, 2.05) is 6.92 Å². The number of rotatable bonds is 3. The van der Waals surface area contributed by atoms with Crippen LogP contribution in [0.15, 0.2) is 0 Å². The van der Waals surface area contributed by atoms with Crippen LogP contribution in [0.2, 0.25) is 5.02 Å². The van der Waals surface area contributed by atoms with Gasteiger partial charge in [-0.05, 0) is 6.42 Å². The van der Waals surface area contributed by atoms with E-state index in [4.69, 9.17) is 11.6 Å².